The molecule has 15 heavy (non-hydrogen) atoms. The Morgan fingerprint density at radius 1 is 1.47 bits per heavy atom. The van der Waals surface area contributed by atoms with E-state index in [2.05, 4.69) is 0 Å². The molecule has 0 saturated heterocycles. The van der Waals surface area contributed by atoms with Crippen LogP contribution in [0.25, 0.3) is 11.0 Å². The number of carboxylic acid groups (broad SMARTS) is 1. The van der Waals surface area contributed by atoms with Gasteiger partial charge < -0.3 is 9.52 Å². The van der Waals surface area contributed by atoms with E-state index in [-0.39, 0.29) is 5.76 Å². The molecule has 1 aromatic carbocycles. The van der Waals surface area contributed by atoms with E-state index < -0.39 is 5.97 Å². The smallest absolute Gasteiger partial charge is 0.371 e. The minimum absolute atomic E-state index is 0.151. The van der Waals surface area contributed by atoms with Crippen LogP contribution in [0.2, 0.25) is 0 Å². The molecule has 2 aromatic rings. The second kappa shape index (κ2) is 3.24. The number of carbonyl (C=O) groups excluding carboxylic acids is 1. The first kappa shape index (κ1) is 9.45. The van der Waals surface area contributed by atoms with Crippen molar-refractivity contribution in [3.05, 3.63) is 35.1 Å². The van der Waals surface area contributed by atoms with Gasteiger partial charge in [-0.15, -0.1) is 0 Å². The Morgan fingerprint density at radius 2 is 2.20 bits per heavy atom. The number of furan rings is 1. The molecule has 0 radical (unpaired) electrons. The predicted molar refractivity (Wildman–Crippen MR) is 53.3 cm³/mol. The lowest BCUT2D eigenvalue weighted by molar-refractivity contribution is 0.0664. The molecule has 0 aliphatic carbocycles. The van der Waals surface area contributed by atoms with Crippen LogP contribution in [-0.2, 0) is 0 Å². The van der Waals surface area contributed by atoms with Crippen LogP contribution in [0, 0.1) is 6.92 Å². The Hall–Kier alpha value is -2.10. The number of aromatic carboxylic acids is 1. The normalized spacial score (nSPS) is 10.5. The fourth-order valence-electron chi connectivity index (χ4n) is 1.48. The summed E-state index contributed by atoms with van der Waals surface area (Å²) in [4.78, 5) is 21.4. The summed E-state index contributed by atoms with van der Waals surface area (Å²) in [5.74, 6) is -1.29. The van der Waals surface area contributed by atoms with Crippen molar-refractivity contribution in [2.45, 2.75) is 6.92 Å². The number of fused-ring (bicyclic) bond motifs is 1. The third-order valence-corrected chi connectivity index (χ3v) is 2.27. The van der Waals surface area contributed by atoms with Crippen LogP contribution in [0.4, 0.5) is 0 Å². The minimum atomic E-state index is -1.14. The van der Waals surface area contributed by atoms with E-state index in [0.717, 1.165) is 5.56 Å². The first-order valence-corrected chi connectivity index (χ1v) is 4.35. The molecule has 76 valence electrons. The molecule has 0 unspecified atom stereocenters. The number of aldehydes is 1. The van der Waals surface area contributed by atoms with Crippen molar-refractivity contribution < 1.29 is 19.1 Å². The van der Waals surface area contributed by atoms with Gasteiger partial charge >= 0.3 is 5.97 Å². The van der Waals surface area contributed by atoms with Gasteiger partial charge in [-0.2, -0.15) is 0 Å². The zero-order valence-electron chi connectivity index (χ0n) is 7.98. The van der Waals surface area contributed by atoms with E-state index in [9.17, 15) is 9.59 Å². The summed E-state index contributed by atoms with van der Waals surface area (Å²) in [5.41, 5.74) is 1.58. The number of benzene rings is 1. The van der Waals surface area contributed by atoms with Gasteiger partial charge in [0.1, 0.15) is 5.58 Å². The molecule has 4 heteroatoms. The number of hydrogen-bond acceptors (Lipinski definition) is 3. The van der Waals surface area contributed by atoms with E-state index in [4.69, 9.17) is 9.52 Å². The second-order valence-electron chi connectivity index (χ2n) is 3.25. The molecule has 0 spiro atoms. The van der Waals surface area contributed by atoms with Gasteiger partial charge in [0.05, 0.1) is 5.56 Å². The molecular weight excluding hydrogens is 196 g/mol. The molecule has 1 heterocycles. The highest BCUT2D eigenvalue weighted by atomic mass is 16.4. The third-order valence-electron chi connectivity index (χ3n) is 2.27. The number of carboxylic acids is 1. The summed E-state index contributed by atoms with van der Waals surface area (Å²) in [6, 6.07) is 4.80. The molecule has 1 N–H and O–H groups in total. The van der Waals surface area contributed by atoms with Gasteiger partial charge in [-0.1, -0.05) is 6.07 Å². The number of aryl methyl sites for hydroxylation is 1. The monoisotopic (exact) mass is 204 g/mol. The summed E-state index contributed by atoms with van der Waals surface area (Å²) < 4.78 is 5.10. The van der Waals surface area contributed by atoms with Gasteiger partial charge in [-0.05, 0) is 24.6 Å². The van der Waals surface area contributed by atoms with E-state index in [1.54, 1.807) is 12.1 Å². The van der Waals surface area contributed by atoms with Gasteiger partial charge in [0.15, 0.2) is 6.29 Å². The summed E-state index contributed by atoms with van der Waals surface area (Å²) in [7, 11) is 0. The van der Waals surface area contributed by atoms with Crippen LogP contribution in [-0.4, -0.2) is 17.4 Å². The molecule has 0 aliphatic heterocycles. The molecule has 0 fully saturated rings. The predicted octanol–water partition coefficient (Wildman–Crippen LogP) is 2.25. The standard InChI is InChI=1S/C11H8O4/c1-6-2-3-7(5-12)10-8(6)4-9(15-10)11(13)14/h2-5H,1H3,(H,13,14). The van der Waals surface area contributed by atoms with Gasteiger partial charge in [-0.25, -0.2) is 4.79 Å². The van der Waals surface area contributed by atoms with Crippen LogP contribution >= 0.6 is 0 Å². The maximum absolute atomic E-state index is 10.7. The highest BCUT2D eigenvalue weighted by Gasteiger charge is 2.14. The average molecular weight is 204 g/mol. The molecule has 0 bridgehead atoms. The van der Waals surface area contributed by atoms with Crippen LogP contribution in [0.1, 0.15) is 26.5 Å². The lowest BCUT2D eigenvalue weighted by atomic mass is 10.1. The van der Waals surface area contributed by atoms with Gasteiger partial charge in [0.2, 0.25) is 5.76 Å². The summed E-state index contributed by atoms with van der Waals surface area (Å²) in [6.07, 6.45) is 0.650. The zero-order chi connectivity index (χ0) is 11.0. The van der Waals surface area contributed by atoms with Crippen molar-refractivity contribution in [3.8, 4) is 0 Å². The highest BCUT2D eigenvalue weighted by molar-refractivity contribution is 5.99. The van der Waals surface area contributed by atoms with E-state index in [1.807, 2.05) is 6.92 Å². The molecular formula is C11H8O4. The molecule has 0 atom stereocenters. The third kappa shape index (κ3) is 1.40. The van der Waals surface area contributed by atoms with Gasteiger partial charge in [0, 0.05) is 5.39 Å². The fourth-order valence-corrected chi connectivity index (χ4v) is 1.48. The highest BCUT2D eigenvalue weighted by Crippen LogP contribution is 2.25. The van der Waals surface area contributed by atoms with E-state index in [0.29, 0.717) is 22.8 Å². The van der Waals surface area contributed by atoms with Gasteiger partial charge in [0.25, 0.3) is 0 Å². The van der Waals surface area contributed by atoms with E-state index >= 15 is 0 Å². The Bertz CT molecular complexity index is 551. The fraction of sp³-hybridized carbons (Fsp3) is 0.0909. The number of carbonyl (C=O) groups is 2. The van der Waals surface area contributed by atoms with Crippen molar-refractivity contribution >= 4 is 23.2 Å². The van der Waals surface area contributed by atoms with Crippen molar-refractivity contribution in [2.24, 2.45) is 0 Å². The lowest BCUT2D eigenvalue weighted by Gasteiger charge is -1.95. The zero-order valence-corrected chi connectivity index (χ0v) is 7.98. The summed E-state index contributed by atoms with van der Waals surface area (Å²) in [6.45, 7) is 1.83. The molecule has 0 aliphatic rings. The van der Waals surface area contributed by atoms with Crippen LogP contribution in [0.15, 0.2) is 22.6 Å². The van der Waals surface area contributed by atoms with Crippen molar-refractivity contribution in [2.75, 3.05) is 0 Å². The largest absolute Gasteiger partial charge is 0.475 e. The quantitative estimate of drug-likeness (QED) is 0.762. The first-order chi connectivity index (χ1) is 7.13. The molecule has 4 nitrogen and oxygen atoms in total. The first-order valence-electron chi connectivity index (χ1n) is 4.35. The topological polar surface area (TPSA) is 67.5 Å². The van der Waals surface area contributed by atoms with Crippen molar-refractivity contribution in [3.63, 3.8) is 0 Å². The summed E-state index contributed by atoms with van der Waals surface area (Å²) >= 11 is 0. The average Bonchev–Trinajstić information content (AvgIpc) is 2.64. The Kier molecular flexibility index (Phi) is 2.04. The van der Waals surface area contributed by atoms with Crippen LogP contribution in [0.5, 0.6) is 0 Å². The Balaban J connectivity index is 2.83. The minimum Gasteiger partial charge on any atom is -0.475 e. The Morgan fingerprint density at radius 3 is 2.80 bits per heavy atom. The number of hydrogen-bond donors (Lipinski definition) is 1. The van der Waals surface area contributed by atoms with Crippen LogP contribution in [0.3, 0.4) is 0 Å². The molecule has 2 rings (SSSR count). The molecule has 0 saturated carbocycles. The molecule has 1 aromatic heterocycles. The summed E-state index contributed by atoms with van der Waals surface area (Å²) in [5, 5.41) is 9.42. The second-order valence-corrected chi connectivity index (χ2v) is 3.25. The number of rotatable bonds is 2. The molecule has 0 amide bonds. The SMILES string of the molecule is Cc1ccc(C=O)c2oc(C(=O)O)cc12. The Labute approximate surface area is 85.1 Å². The lowest BCUT2D eigenvalue weighted by Crippen LogP contribution is -1.91. The maximum Gasteiger partial charge on any atom is 0.371 e. The van der Waals surface area contributed by atoms with Crippen molar-refractivity contribution in [1.29, 1.82) is 0 Å². The van der Waals surface area contributed by atoms with Crippen molar-refractivity contribution in [1.82, 2.24) is 0 Å². The van der Waals surface area contributed by atoms with E-state index in [1.165, 1.54) is 6.07 Å². The van der Waals surface area contributed by atoms with Crippen LogP contribution < -0.4 is 0 Å². The maximum atomic E-state index is 10.7. The van der Waals surface area contributed by atoms with Gasteiger partial charge in [-0.3, -0.25) is 4.79 Å².